The fourth-order valence-corrected chi connectivity index (χ4v) is 2.75. The predicted octanol–water partition coefficient (Wildman–Crippen LogP) is 4.74. The van der Waals surface area contributed by atoms with E-state index >= 15 is 0 Å². The van der Waals surface area contributed by atoms with Crippen molar-refractivity contribution < 1.29 is 23.5 Å². The van der Waals surface area contributed by atoms with Crippen LogP contribution in [0.2, 0.25) is 0 Å². The molecule has 0 aliphatic carbocycles. The molecular weight excluding hydrogens is 411 g/mol. The lowest BCUT2D eigenvalue weighted by Crippen LogP contribution is -2.14. The van der Waals surface area contributed by atoms with Crippen LogP contribution in [0.3, 0.4) is 0 Å². The molecule has 0 saturated carbocycles. The van der Waals surface area contributed by atoms with Crippen molar-refractivity contribution in [3.63, 3.8) is 0 Å². The van der Waals surface area contributed by atoms with Gasteiger partial charge in [-0.3, -0.25) is 4.79 Å². The molecule has 0 aliphatic heterocycles. The Kier molecular flexibility index (Phi) is 7.33. The summed E-state index contributed by atoms with van der Waals surface area (Å²) < 4.78 is 24.1. The predicted molar refractivity (Wildman–Crippen MR) is 117 cm³/mol. The Balaban J connectivity index is 1.62. The number of carbonyl (C=O) groups is 2. The number of hydrogen-bond acceptors (Lipinski definition) is 5. The van der Waals surface area contributed by atoms with Crippen LogP contribution >= 0.6 is 0 Å². The van der Waals surface area contributed by atoms with Crippen molar-refractivity contribution in [1.29, 1.82) is 5.26 Å². The standard InChI is InChI=1S/C25H19FN2O4/c1-31-25(30)19-10-6-18(7-11-19)16-32-21-12-8-17(9-13-21)14-20(15-27)24(29)28-23-5-3-2-4-22(23)26/h2-14H,16H2,1H3,(H,28,29)/b20-14+. The Morgan fingerprint density at radius 1 is 1.03 bits per heavy atom. The van der Waals surface area contributed by atoms with E-state index in [1.54, 1.807) is 54.6 Å². The normalized spacial score (nSPS) is 10.7. The van der Waals surface area contributed by atoms with Crippen molar-refractivity contribution in [3.05, 3.63) is 101 Å². The first kappa shape index (κ1) is 22.2. The maximum atomic E-state index is 13.7. The summed E-state index contributed by atoms with van der Waals surface area (Å²) in [6.07, 6.45) is 1.41. The van der Waals surface area contributed by atoms with Gasteiger partial charge in [-0.05, 0) is 53.6 Å². The third-order valence-electron chi connectivity index (χ3n) is 4.46. The summed E-state index contributed by atoms with van der Waals surface area (Å²) in [4.78, 5) is 23.8. The van der Waals surface area contributed by atoms with Crippen LogP contribution in [-0.4, -0.2) is 19.0 Å². The fraction of sp³-hybridized carbons (Fsp3) is 0.0800. The van der Waals surface area contributed by atoms with Crippen LogP contribution in [0.5, 0.6) is 5.75 Å². The number of methoxy groups -OCH3 is 1. The molecule has 6 nitrogen and oxygen atoms in total. The molecule has 0 spiro atoms. The van der Waals surface area contributed by atoms with E-state index in [1.165, 1.54) is 31.4 Å². The van der Waals surface area contributed by atoms with Gasteiger partial charge in [0, 0.05) is 0 Å². The molecule has 0 fully saturated rings. The molecule has 0 atom stereocenters. The Morgan fingerprint density at radius 3 is 2.34 bits per heavy atom. The molecule has 160 valence electrons. The molecule has 0 saturated heterocycles. The minimum atomic E-state index is -0.701. The molecule has 3 aromatic carbocycles. The SMILES string of the molecule is COC(=O)c1ccc(COc2ccc(/C=C(\C#N)C(=O)Nc3ccccc3F)cc2)cc1. The van der Waals surface area contributed by atoms with Crippen molar-refractivity contribution in [2.24, 2.45) is 0 Å². The summed E-state index contributed by atoms with van der Waals surface area (Å²) >= 11 is 0. The highest BCUT2D eigenvalue weighted by Gasteiger charge is 2.12. The zero-order valence-corrected chi connectivity index (χ0v) is 17.2. The Hall–Kier alpha value is -4.44. The minimum absolute atomic E-state index is 0.00187. The maximum Gasteiger partial charge on any atom is 0.337 e. The van der Waals surface area contributed by atoms with Crippen LogP contribution in [0.15, 0.2) is 78.4 Å². The van der Waals surface area contributed by atoms with E-state index in [9.17, 15) is 19.2 Å². The average Bonchev–Trinajstić information content (AvgIpc) is 2.83. The molecule has 1 N–H and O–H groups in total. The number of rotatable bonds is 7. The van der Waals surface area contributed by atoms with Crippen molar-refractivity contribution in [2.75, 3.05) is 12.4 Å². The molecule has 3 rings (SSSR count). The molecule has 32 heavy (non-hydrogen) atoms. The van der Waals surface area contributed by atoms with Crippen molar-refractivity contribution in [3.8, 4) is 11.8 Å². The van der Waals surface area contributed by atoms with Gasteiger partial charge in [-0.15, -0.1) is 0 Å². The number of nitrogens with zero attached hydrogens (tertiary/aromatic N) is 1. The van der Waals surface area contributed by atoms with Crippen LogP contribution in [0.4, 0.5) is 10.1 Å². The van der Waals surface area contributed by atoms with Crippen molar-refractivity contribution in [2.45, 2.75) is 6.61 Å². The molecule has 7 heteroatoms. The van der Waals surface area contributed by atoms with Gasteiger partial charge in [-0.25, -0.2) is 9.18 Å². The van der Waals surface area contributed by atoms with Crippen molar-refractivity contribution in [1.82, 2.24) is 0 Å². The number of nitrogens with one attached hydrogen (secondary N) is 1. The van der Waals surface area contributed by atoms with Gasteiger partial charge in [0.25, 0.3) is 5.91 Å². The second kappa shape index (κ2) is 10.5. The number of amides is 1. The van der Waals surface area contributed by atoms with Gasteiger partial charge in [0.2, 0.25) is 0 Å². The lowest BCUT2D eigenvalue weighted by Gasteiger charge is -2.08. The Bertz CT molecular complexity index is 1180. The number of para-hydroxylation sites is 1. The van der Waals surface area contributed by atoms with E-state index in [0.717, 1.165) is 5.56 Å². The first-order chi connectivity index (χ1) is 15.5. The highest BCUT2D eigenvalue weighted by Crippen LogP contribution is 2.18. The number of ether oxygens (including phenoxy) is 2. The minimum Gasteiger partial charge on any atom is -0.489 e. The number of hydrogen-bond donors (Lipinski definition) is 1. The average molecular weight is 430 g/mol. The largest absolute Gasteiger partial charge is 0.489 e. The monoisotopic (exact) mass is 430 g/mol. The number of benzene rings is 3. The quantitative estimate of drug-likeness (QED) is 0.332. The van der Waals surface area contributed by atoms with E-state index in [1.807, 2.05) is 6.07 Å². The van der Waals surface area contributed by atoms with Gasteiger partial charge in [-0.2, -0.15) is 5.26 Å². The Labute approximate surface area is 184 Å². The summed E-state index contributed by atoms with van der Waals surface area (Å²) in [5, 5.41) is 11.7. The summed E-state index contributed by atoms with van der Waals surface area (Å²) in [7, 11) is 1.33. The van der Waals surface area contributed by atoms with Gasteiger partial charge in [0.15, 0.2) is 0 Å². The topological polar surface area (TPSA) is 88.4 Å². The summed E-state index contributed by atoms with van der Waals surface area (Å²) in [6.45, 7) is 0.297. The van der Waals surface area contributed by atoms with Gasteiger partial charge < -0.3 is 14.8 Å². The lowest BCUT2D eigenvalue weighted by molar-refractivity contribution is -0.112. The maximum absolute atomic E-state index is 13.7. The second-order valence-electron chi connectivity index (χ2n) is 6.65. The summed E-state index contributed by atoms with van der Waals surface area (Å²) in [5.74, 6) is -1.10. The highest BCUT2D eigenvalue weighted by atomic mass is 19.1. The highest BCUT2D eigenvalue weighted by molar-refractivity contribution is 6.09. The van der Waals surface area contributed by atoms with Crippen LogP contribution < -0.4 is 10.1 Å². The molecule has 0 radical (unpaired) electrons. The van der Waals surface area contributed by atoms with Crippen LogP contribution in [0.25, 0.3) is 6.08 Å². The lowest BCUT2D eigenvalue weighted by atomic mass is 10.1. The van der Waals surface area contributed by atoms with E-state index in [0.29, 0.717) is 23.5 Å². The number of esters is 1. The first-order valence-corrected chi connectivity index (χ1v) is 9.58. The smallest absolute Gasteiger partial charge is 0.337 e. The molecule has 0 heterocycles. The Morgan fingerprint density at radius 2 is 1.72 bits per heavy atom. The third kappa shape index (κ3) is 5.80. The van der Waals surface area contributed by atoms with E-state index < -0.39 is 17.7 Å². The second-order valence-corrected chi connectivity index (χ2v) is 6.65. The number of nitriles is 1. The molecular formula is C25H19FN2O4. The van der Waals surface area contributed by atoms with Gasteiger partial charge in [0.1, 0.15) is 29.8 Å². The van der Waals surface area contributed by atoms with Gasteiger partial charge in [-0.1, -0.05) is 36.4 Å². The number of anilines is 1. The molecule has 0 aromatic heterocycles. The van der Waals surface area contributed by atoms with Crippen LogP contribution in [-0.2, 0) is 16.1 Å². The zero-order chi connectivity index (χ0) is 22.9. The number of halogens is 1. The molecule has 0 aliphatic rings. The summed E-state index contributed by atoms with van der Waals surface area (Å²) in [5.41, 5.74) is 1.78. The van der Waals surface area contributed by atoms with E-state index in [2.05, 4.69) is 10.1 Å². The van der Waals surface area contributed by atoms with Gasteiger partial charge in [0.05, 0.1) is 18.4 Å². The van der Waals surface area contributed by atoms with Gasteiger partial charge >= 0.3 is 5.97 Å². The molecule has 3 aromatic rings. The molecule has 0 bridgehead atoms. The third-order valence-corrected chi connectivity index (χ3v) is 4.46. The van der Waals surface area contributed by atoms with Crippen LogP contribution in [0.1, 0.15) is 21.5 Å². The molecule has 1 amide bonds. The fourth-order valence-electron chi connectivity index (χ4n) is 2.75. The number of carbonyl (C=O) groups excluding carboxylic acids is 2. The van der Waals surface area contributed by atoms with E-state index in [4.69, 9.17) is 4.74 Å². The van der Waals surface area contributed by atoms with Crippen molar-refractivity contribution >= 4 is 23.6 Å². The zero-order valence-electron chi connectivity index (χ0n) is 17.2. The first-order valence-electron chi connectivity index (χ1n) is 9.58. The summed E-state index contributed by atoms with van der Waals surface area (Å²) in [6, 6.07) is 21.2. The van der Waals surface area contributed by atoms with E-state index in [-0.39, 0.29) is 11.3 Å². The molecule has 0 unspecified atom stereocenters. The van der Waals surface area contributed by atoms with Crippen LogP contribution in [0, 0.1) is 17.1 Å².